The number of aromatic nitrogens is 1. The maximum Gasteiger partial charge on any atom is 0.343 e. The molecule has 1 saturated heterocycles. The Kier molecular flexibility index (Phi) is 4.81. The zero-order valence-electron chi connectivity index (χ0n) is 17.3. The molecule has 1 saturated carbocycles. The third kappa shape index (κ3) is 3.02. The lowest BCUT2D eigenvalue weighted by atomic mass is 9.98. The Balaban J connectivity index is 1.77. The molecular formula is C23H28FN3O3. The number of nitrogens with two attached hydrogens (primary N) is 1. The summed E-state index contributed by atoms with van der Waals surface area (Å²) in [5.74, 6) is -0.644. The summed E-state index contributed by atoms with van der Waals surface area (Å²) in [7, 11) is 0. The van der Waals surface area contributed by atoms with E-state index in [-0.39, 0.29) is 29.4 Å². The van der Waals surface area contributed by atoms with Crippen LogP contribution in [0.1, 0.15) is 61.0 Å². The molecule has 1 aliphatic carbocycles. The second-order valence-electron chi connectivity index (χ2n) is 8.85. The van der Waals surface area contributed by atoms with Gasteiger partial charge in [-0.1, -0.05) is 0 Å². The molecule has 0 amide bonds. The van der Waals surface area contributed by atoms with Crippen molar-refractivity contribution in [3.63, 3.8) is 0 Å². The molecule has 30 heavy (non-hydrogen) atoms. The summed E-state index contributed by atoms with van der Waals surface area (Å²) in [6.45, 7) is 3.26. The van der Waals surface area contributed by atoms with Crippen molar-refractivity contribution in [3.05, 3.63) is 39.4 Å². The summed E-state index contributed by atoms with van der Waals surface area (Å²) in [5, 5.41) is 0.289. The molecule has 1 aromatic carbocycles. The molecule has 6 nitrogen and oxygen atoms in total. The van der Waals surface area contributed by atoms with Crippen LogP contribution in [0.2, 0.25) is 0 Å². The molecule has 1 aromatic heterocycles. The van der Waals surface area contributed by atoms with Crippen molar-refractivity contribution < 1.29 is 13.9 Å². The first-order valence-electron chi connectivity index (χ1n) is 11.1. The van der Waals surface area contributed by atoms with Crippen molar-refractivity contribution in [3.8, 4) is 0 Å². The first kappa shape index (κ1) is 19.5. The maximum atomic E-state index is 15.5. The van der Waals surface area contributed by atoms with E-state index in [1.807, 2.05) is 4.57 Å². The lowest BCUT2D eigenvalue weighted by Crippen LogP contribution is -2.30. The number of ether oxygens (including phenoxy) is 1. The molecule has 0 bridgehead atoms. The lowest BCUT2D eigenvalue weighted by Gasteiger charge is -2.28. The number of aryl methyl sites for hydroxylation is 1. The third-order valence-electron chi connectivity index (χ3n) is 6.86. The number of rotatable bonds is 4. The Hall–Kier alpha value is -2.41. The van der Waals surface area contributed by atoms with Gasteiger partial charge in [-0.25, -0.2) is 9.18 Å². The van der Waals surface area contributed by atoms with Gasteiger partial charge in [0.15, 0.2) is 0 Å². The van der Waals surface area contributed by atoms with Gasteiger partial charge >= 0.3 is 5.97 Å². The standard InChI is InChI=1S/C23H28FN3O3/c1-2-30-23(29)18-12-27(14-6-7-14)20-16-5-3-4-15-8-13(10-25)11-26(15)21(16)19(24)9-17(20)22(18)28/h9,12-15H,2-8,10-11,25H2,1H3/t13-,15+/m1/s1. The van der Waals surface area contributed by atoms with Crippen LogP contribution in [0.25, 0.3) is 10.9 Å². The molecule has 2 N–H and O–H groups in total. The number of carbonyl (C=O) groups excluding carboxylic acids is 1. The third-order valence-corrected chi connectivity index (χ3v) is 6.86. The zero-order chi connectivity index (χ0) is 21.0. The molecule has 0 spiro atoms. The molecule has 0 radical (unpaired) electrons. The largest absolute Gasteiger partial charge is 0.462 e. The first-order valence-corrected chi connectivity index (χ1v) is 11.1. The molecule has 2 aliphatic heterocycles. The smallest absolute Gasteiger partial charge is 0.343 e. The van der Waals surface area contributed by atoms with Gasteiger partial charge < -0.3 is 19.9 Å². The fraction of sp³-hybridized carbons (Fsp3) is 0.565. The van der Waals surface area contributed by atoms with Crippen LogP contribution in [0.5, 0.6) is 0 Å². The zero-order valence-corrected chi connectivity index (χ0v) is 17.3. The highest BCUT2D eigenvalue weighted by atomic mass is 19.1. The number of carbonyl (C=O) groups is 1. The molecule has 2 atom stereocenters. The van der Waals surface area contributed by atoms with Crippen molar-refractivity contribution in [1.82, 2.24) is 4.57 Å². The number of hydrogen-bond acceptors (Lipinski definition) is 5. The van der Waals surface area contributed by atoms with Crippen molar-refractivity contribution in [2.75, 3.05) is 24.6 Å². The normalized spacial score (nSPS) is 23.2. The number of nitrogens with zero attached hydrogens (tertiary/aromatic N) is 2. The molecule has 7 heteroatoms. The van der Waals surface area contributed by atoms with Gasteiger partial charge in [-0.3, -0.25) is 4.79 Å². The van der Waals surface area contributed by atoms with Gasteiger partial charge in [-0.05, 0) is 64.0 Å². The summed E-state index contributed by atoms with van der Waals surface area (Å²) >= 11 is 0. The average molecular weight is 413 g/mol. The highest BCUT2D eigenvalue weighted by Gasteiger charge is 2.38. The highest BCUT2D eigenvalue weighted by molar-refractivity contribution is 5.96. The van der Waals surface area contributed by atoms with Crippen LogP contribution in [-0.4, -0.2) is 36.3 Å². The quantitative estimate of drug-likeness (QED) is 0.780. The van der Waals surface area contributed by atoms with E-state index in [9.17, 15) is 9.59 Å². The minimum absolute atomic E-state index is 0.00790. The van der Waals surface area contributed by atoms with Gasteiger partial charge in [-0.15, -0.1) is 0 Å². The van der Waals surface area contributed by atoms with E-state index in [0.717, 1.165) is 56.1 Å². The molecule has 2 aromatic rings. The number of anilines is 1. The number of esters is 1. The van der Waals surface area contributed by atoms with Gasteiger partial charge in [0.05, 0.1) is 17.8 Å². The van der Waals surface area contributed by atoms with Crippen molar-refractivity contribution >= 4 is 22.6 Å². The van der Waals surface area contributed by atoms with Crippen LogP contribution in [0, 0.1) is 11.7 Å². The second kappa shape index (κ2) is 7.38. The fourth-order valence-electron chi connectivity index (χ4n) is 5.35. The number of hydrogen-bond donors (Lipinski definition) is 1. The summed E-state index contributed by atoms with van der Waals surface area (Å²) < 4.78 is 22.7. The van der Waals surface area contributed by atoms with Crippen molar-refractivity contribution in [2.24, 2.45) is 11.7 Å². The lowest BCUT2D eigenvalue weighted by molar-refractivity contribution is 0.0524. The highest BCUT2D eigenvalue weighted by Crippen LogP contribution is 2.44. The van der Waals surface area contributed by atoms with Gasteiger partial charge in [0.2, 0.25) is 5.43 Å². The summed E-state index contributed by atoms with van der Waals surface area (Å²) in [5.41, 5.74) is 7.82. The van der Waals surface area contributed by atoms with E-state index in [1.54, 1.807) is 13.1 Å². The fourth-order valence-corrected chi connectivity index (χ4v) is 5.35. The SMILES string of the molecule is CCOC(=O)c1cn(C2CC2)c2c3c(c(F)cc2c1=O)N1C[C@@H](CN)C[C@@H]1CCC3. The molecule has 2 fully saturated rings. The van der Waals surface area contributed by atoms with Gasteiger partial charge in [0, 0.05) is 35.8 Å². The predicted molar refractivity (Wildman–Crippen MR) is 114 cm³/mol. The van der Waals surface area contributed by atoms with Gasteiger partial charge in [0.1, 0.15) is 11.4 Å². The van der Waals surface area contributed by atoms with Crippen LogP contribution >= 0.6 is 0 Å². The Bertz CT molecular complexity index is 1080. The van der Waals surface area contributed by atoms with Crippen LogP contribution in [-0.2, 0) is 11.2 Å². The van der Waals surface area contributed by atoms with E-state index < -0.39 is 11.4 Å². The van der Waals surface area contributed by atoms with Crippen LogP contribution in [0.4, 0.5) is 10.1 Å². The summed E-state index contributed by atoms with van der Waals surface area (Å²) in [4.78, 5) is 27.8. The first-order chi connectivity index (χ1) is 14.5. The summed E-state index contributed by atoms with van der Waals surface area (Å²) in [6, 6.07) is 1.88. The minimum Gasteiger partial charge on any atom is -0.462 e. The number of fused-ring (bicyclic) bond motifs is 5. The minimum atomic E-state index is -0.639. The van der Waals surface area contributed by atoms with Gasteiger partial charge in [-0.2, -0.15) is 0 Å². The van der Waals surface area contributed by atoms with E-state index in [0.29, 0.717) is 24.2 Å². The molecule has 0 unspecified atom stereocenters. The summed E-state index contributed by atoms with van der Waals surface area (Å²) in [6.07, 6.45) is 7.30. The average Bonchev–Trinajstić information content (AvgIpc) is 3.52. The topological polar surface area (TPSA) is 77.6 Å². The number of pyridine rings is 1. The maximum absolute atomic E-state index is 15.5. The molecular weight excluding hydrogens is 385 g/mol. The number of benzene rings is 1. The van der Waals surface area contributed by atoms with E-state index in [4.69, 9.17) is 10.5 Å². The van der Waals surface area contributed by atoms with Crippen molar-refractivity contribution in [2.45, 2.75) is 57.5 Å². The van der Waals surface area contributed by atoms with Crippen LogP contribution < -0.4 is 16.1 Å². The molecule has 160 valence electrons. The second-order valence-corrected chi connectivity index (χ2v) is 8.85. The Morgan fingerprint density at radius 1 is 1.30 bits per heavy atom. The van der Waals surface area contributed by atoms with E-state index in [2.05, 4.69) is 4.90 Å². The Morgan fingerprint density at radius 2 is 2.10 bits per heavy atom. The van der Waals surface area contributed by atoms with E-state index in [1.165, 1.54) is 6.07 Å². The number of halogens is 1. The monoisotopic (exact) mass is 413 g/mol. The van der Waals surface area contributed by atoms with Gasteiger partial charge in [0.25, 0.3) is 0 Å². The molecule has 5 rings (SSSR count). The molecule has 3 heterocycles. The molecule has 3 aliphatic rings. The Morgan fingerprint density at radius 3 is 2.80 bits per heavy atom. The Labute approximate surface area is 174 Å². The van der Waals surface area contributed by atoms with Crippen molar-refractivity contribution in [1.29, 1.82) is 0 Å². The predicted octanol–water partition coefficient (Wildman–Crippen LogP) is 3.14. The van der Waals surface area contributed by atoms with E-state index >= 15 is 4.39 Å². The van der Waals surface area contributed by atoms with Crippen LogP contribution in [0.3, 0.4) is 0 Å². The van der Waals surface area contributed by atoms with Crippen LogP contribution in [0.15, 0.2) is 17.1 Å².